The smallest absolute Gasteiger partial charge is 0.414 e. The molecule has 0 bridgehead atoms. The highest BCUT2D eigenvalue weighted by molar-refractivity contribution is 9.10. The molecule has 2 aromatic rings. The van der Waals surface area contributed by atoms with Crippen molar-refractivity contribution in [3.8, 4) is 6.01 Å². The predicted octanol–water partition coefficient (Wildman–Crippen LogP) is 1.84. The SMILES string of the molecule is O=[N+]([O-])c1cn2c(n1)OCCN(Cc1ccnc(Br)c1)CC2. The molecule has 0 N–H and O–H groups in total. The van der Waals surface area contributed by atoms with Crippen molar-refractivity contribution < 1.29 is 9.66 Å². The lowest BCUT2D eigenvalue weighted by Crippen LogP contribution is -2.33. The molecule has 0 fully saturated rings. The molecular weight excluding hydrogens is 354 g/mol. The minimum atomic E-state index is -0.506. The van der Waals surface area contributed by atoms with E-state index in [1.54, 1.807) is 10.8 Å². The molecule has 0 amide bonds. The average Bonchev–Trinajstić information content (AvgIpc) is 2.85. The molecule has 0 atom stereocenters. The van der Waals surface area contributed by atoms with Gasteiger partial charge in [-0.05, 0) is 38.5 Å². The lowest BCUT2D eigenvalue weighted by molar-refractivity contribution is -0.389. The number of ether oxygens (including phenoxy) is 1. The molecule has 3 heterocycles. The molecule has 116 valence electrons. The monoisotopic (exact) mass is 367 g/mol. The Kier molecular flexibility index (Phi) is 4.34. The maximum atomic E-state index is 10.8. The van der Waals surface area contributed by atoms with Gasteiger partial charge in [-0.3, -0.25) is 9.47 Å². The molecule has 0 aromatic carbocycles. The van der Waals surface area contributed by atoms with Crippen molar-refractivity contribution in [3.63, 3.8) is 0 Å². The van der Waals surface area contributed by atoms with Crippen LogP contribution in [0.2, 0.25) is 0 Å². The van der Waals surface area contributed by atoms with Gasteiger partial charge in [-0.15, -0.1) is 0 Å². The maximum Gasteiger partial charge on any atom is 0.414 e. The van der Waals surface area contributed by atoms with E-state index in [0.29, 0.717) is 19.2 Å². The van der Waals surface area contributed by atoms with Crippen molar-refractivity contribution in [3.05, 3.63) is 44.8 Å². The molecule has 8 nitrogen and oxygen atoms in total. The van der Waals surface area contributed by atoms with Gasteiger partial charge in [0, 0.05) is 37.4 Å². The normalized spacial score (nSPS) is 15.5. The van der Waals surface area contributed by atoms with Gasteiger partial charge in [0.15, 0.2) is 0 Å². The van der Waals surface area contributed by atoms with Gasteiger partial charge in [-0.1, -0.05) is 0 Å². The molecule has 9 heteroatoms. The number of pyridine rings is 1. The maximum absolute atomic E-state index is 10.8. The van der Waals surface area contributed by atoms with Crippen LogP contribution in [0.15, 0.2) is 29.1 Å². The fraction of sp³-hybridized carbons (Fsp3) is 0.385. The first-order chi connectivity index (χ1) is 10.6. The molecule has 3 rings (SSSR count). The number of nitrogens with zero attached hydrogens (tertiary/aromatic N) is 5. The van der Waals surface area contributed by atoms with Gasteiger partial charge >= 0.3 is 11.8 Å². The average molecular weight is 368 g/mol. The number of hydrogen-bond donors (Lipinski definition) is 0. The summed E-state index contributed by atoms with van der Waals surface area (Å²) in [7, 11) is 0. The lowest BCUT2D eigenvalue weighted by Gasteiger charge is -2.24. The Morgan fingerprint density at radius 1 is 1.41 bits per heavy atom. The van der Waals surface area contributed by atoms with Crippen molar-refractivity contribution in [2.45, 2.75) is 13.1 Å². The van der Waals surface area contributed by atoms with E-state index < -0.39 is 4.92 Å². The third-order valence-electron chi connectivity index (χ3n) is 3.41. The first-order valence-electron chi connectivity index (χ1n) is 6.79. The second kappa shape index (κ2) is 6.41. The van der Waals surface area contributed by atoms with E-state index in [0.717, 1.165) is 29.8 Å². The van der Waals surface area contributed by atoms with Crippen LogP contribution in [-0.2, 0) is 13.1 Å². The van der Waals surface area contributed by atoms with Crippen molar-refractivity contribution in [1.82, 2.24) is 19.4 Å². The Morgan fingerprint density at radius 3 is 3.05 bits per heavy atom. The van der Waals surface area contributed by atoms with Gasteiger partial charge in [0.05, 0.1) is 0 Å². The highest BCUT2D eigenvalue weighted by Crippen LogP contribution is 2.19. The third-order valence-corrected chi connectivity index (χ3v) is 3.84. The summed E-state index contributed by atoms with van der Waals surface area (Å²) in [5.41, 5.74) is 1.15. The van der Waals surface area contributed by atoms with Crippen LogP contribution in [0.3, 0.4) is 0 Å². The van der Waals surface area contributed by atoms with Crippen LogP contribution in [0.1, 0.15) is 5.56 Å². The summed E-state index contributed by atoms with van der Waals surface area (Å²) in [5, 5.41) is 10.8. The largest absolute Gasteiger partial charge is 0.444 e. The fourth-order valence-corrected chi connectivity index (χ4v) is 2.75. The molecule has 0 saturated carbocycles. The summed E-state index contributed by atoms with van der Waals surface area (Å²) in [6.07, 6.45) is 3.18. The Hall–Kier alpha value is -2.00. The Morgan fingerprint density at radius 2 is 2.27 bits per heavy atom. The molecule has 1 aliphatic heterocycles. The van der Waals surface area contributed by atoms with Crippen LogP contribution in [0.4, 0.5) is 5.82 Å². The third kappa shape index (κ3) is 3.42. The second-order valence-electron chi connectivity index (χ2n) is 4.94. The van der Waals surface area contributed by atoms with Crippen molar-refractivity contribution >= 4 is 21.7 Å². The molecule has 22 heavy (non-hydrogen) atoms. The molecule has 2 aromatic heterocycles. The fourth-order valence-electron chi connectivity index (χ4n) is 2.33. The van der Waals surface area contributed by atoms with Crippen LogP contribution in [0, 0.1) is 10.1 Å². The summed E-state index contributed by atoms with van der Waals surface area (Å²) in [6.45, 7) is 3.32. The predicted molar refractivity (Wildman–Crippen MR) is 81.6 cm³/mol. The Labute approximate surface area is 135 Å². The number of fused-ring (bicyclic) bond motifs is 1. The number of nitro groups is 1. The van der Waals surface area contributed by atoms with Gasteiger partial charge in [0.25, 0.3) is 0 Å². The molecule has 1 aliphatic rings. The first-order valence-corrected chi connectivity index (χ1v) is 7.58. The van der Waals surface area contributed by atoms with Gasteiger partial charge in [-0.2, -0.15) is 0 Å². The summed E-state index contributed by atoms with van der Waals surface area (Å²) in [6, 6.07) is 4.27. The van der Waals surface area contributed by atoms with E-state index in [2.05, 4.69) is 30.8 Å². The van der Waals surface area contributed by atoms with Gasteiger partial charge < -0.3 is 14.9 Å². The molecule has 0 saturated heterocycles. The minimum Gasteiger partial charge on any atom is -0.444 e. The quantitative estimate of drug-likeness (QED) is 0.467. The first kappa shape index (κ1) is 14.9. The van der Waals surface area contributed by atoms with Crippen LogP contribution < -0.4 is 4.74 Å². The topological polar surface area (TPSA) is 86.3 Å². The van der Waals surface area contributed by atoms with Crippen molar-refractivity contribution in [1.29, 1.82) is 0 Å². The van der Waals surface area contributed by atoms with Crippen molar-refractivity contribution in [2.75, 3.05) is 19.7 Å². The van der Waals surface area contributed by atoms with Gasteiger partial charge in [0.2, 0.25) is 0 Å². The van der Waals surface area contributed by atoms with Crippen LogP contribution >= 0.6 is 15.9 Å². The van der Waals surface area contributed by atoms with E-state index in [4.69, 9.17) is 4.74 Å². The van der Waals surface area contributed by atoms with E-state index in [-0.39, 0.29) is 5.82 Å². The zero-order valence-corrected chi connectivity index (χ0v) is 13.3. The van der Waals surface area contributed by atoms with Crippen LogP contribution in [0.5, 0.6) is 6.01 Å². The number of halogens is 1. The number of rotatable bonds is 3. The van der Waals surface area contributed by atoms with Crippen LogP contribution in [0.25, 0.3) is 0 Å². The molecule has 0 aliphatic carbocycles. The second-order valence-corrected chi connectivity index (χ2v) is 5.76. The summed E-state index contributed by atoms with van der Waals surface area (Å²) in [4.78, 5) is 20.5. The van der Waals surface area contributed by atoms with E-state index in [9.17, 15) is 10.1 Å². The van der Waals surface area contributed by atoms with Gasteiger partial charge in [0.1, 0.15) is 17.4 Å². The summed E-state index contributed by atoms with van der Waals surface area (Å²) in [5.74, 6) is -0.179. The molecular formula is C13H14BrN5O3. The highest BCUT2D eigenvalue weighted by Gasteiger charge is 2.22. The zero-order valence-electron chi connectivity index (χ0n) is 11.7. The number of hydrogen-bond acceptors (Lipinski definition) is 6. The van der Waals surface area contributed by atoms with Crippen molar-refractivity contribution in [2.24, 2.45) is 0 Å². The highest BCUT2D eigenvalue weighted by atomic mass is 79.9. The lowest BCUT2D eigenvalue weighted by atomic mass is 10.2. The van der Waals surface area contributed by atoms with E-state index in [1.165, 1.54) is 6.20 Å². The molecule has 0 spiro atoms. The van der Waals surface area contributed by atoms with Crippen LogP contribution in [-0.4, -0.2) is 44.1 Å². The Balaban J connectivity index is 1.69. The number of imidazole rings is 1. The summed E-state index contributed by atoms with van der Waals surface area (Å²) >= 11 is 3.36. The molecule has 0 unspecified atom stereocenters. The number of aromatic nitrogens is 3. The minimum absolute atomic E-state index is 0.179. The van der Waals surface area contributed by atoms with E-state index in [1.807, 2.05) is 12.1 Å². The standard InChI is InChI=1S/C13H14BrN5O3/c14-11-7-10(1-2-15-11)8-17-3-4-18-9-12(19(20)21)16-13(18)22-6-5-17/h1-2,7,9H,3-6,8H2. The van der Waals surface area contributed by atoms with E-state index >= 15 is 0 Å². The zero-order chi connectivity index (χ0) is 15.5. The summed E-state index contributed by atoms with van der Waals surface area (Å²) < 4.78 is 8.03. The Bertz CT molecular complexity index is 690. The van der Waals surface area contributed by atoms with Gasteiger partial charge in [-0.25, -0.2) is 4.98 Å². The molecule has 0 radical (unpaired) electrons.